The first kappa shape index (κ1) is 13.3. The summed E-state index contributed by atoms with van der Waals surface area (Å²) in [6.45, 7) is 2.19. The molecular formula is C14H16FN3OS. The molecule has 20 heavy (non-hydrogen) atoms. The highest BCUT2D eigenvalue weighted by molar-refractivity contribution is 7.80. The molecule has 4 nitrogen and oxygen atoms in total. The molecular weight excluding hydrogens is 277 g/mol. The molecule has 3 rings (SSSR count). The van der Waals surface area contributed by atoms with Gasteiger partial charge in [0.2, 0.25) is 5.91 Å². The van der Waals surface area contributed by atoms with Crippen molar-refractivity contribution in [3.63, 3.8) is 0 Å². The van der Waals surface area contributed by atoms with Crippen LogP contribution in [0.1, 0.15) is 18.4 Å². The largest absolute Gasteiger partial charge is 0.389 e. The number of fused-ring (bicyclic) bond motifs is 1. The first-order valence-corrected chi connectivity index (χ1v) is 7.11. The summed E-state index contributed by atoms with van der Waals surface area (Å²) in [6, 6.07) is 4.77. The molecule has 2 N–H and O–H groups in total. The molecule has 2 saturated heterocycles. The first-order valence-electron chi connectivity index (χ1n) is 6.70. The Morgan fingerprint density at radius 3 is 2.95 bits per heavy atom. The molecule has 1 aromatic rings. The maximum absolute atomic E-state index is 13.4. The second kappa shape index (κ2) is 5.01. The topological polar surface area (TPSA) is 49.6 Å². The summed E-state index contributed by atoms with van der Waals surface area (Å²) in [5.74, 6) is -0.102. The van der Waals surface area contributed by atoms with E-state index in [1.807, 2.05) is 4.90 Å². The van der Waals surface area contributed by atoms with E-state index in [-0.39, 0.29) is 22.8 Å². The fourth-order valence-corrected chi connectivity index (χ4v) is 3.23. The lowest BCUT2D eigenvalue weighted by Crippen LogP contribution is -2.51. The van der Waals surface area contributed by atoms with Crippen molar-refractivity contribution in [2.24, 2.45) is 5.73 Å². The van der Waals surface area contributed by atoms with Gasteiger partial charge in [0.05, 0.1) is 0 Å². The van der Waals surface area contributed by atoms with Crippen LogP contribution < -0.4 is 10.6 Å². The zero-order valence-corrected chi connectivity index (χ0v) is 11.8. The number of amides is 1. The predicted molar refractivity (Wildman–Crippen MR) is 79.2 cm³/mol. The van der Waals surface area contributed by atoms with Gasteiger partial charge in [0.25, 0.3) is 0 Å². The molecule has 2 fully saturated rings. The molecule has 2 heterocycles. The minimum absolute atomic E-state index is 0.199. The van der Waals surface area contributed by atoms with E-state index in [0.717, 1.165) is 25.2 Å². The Kier molecular flexibility index (Phi) is 3.33. The molecule has 0 spiro atoms. The van der Waals surface area contributed by atoms with Crippen molar-refractivity contribution in [2.45, 2.75) is 18.9 Å². The van der Waals surface area contributed by atoms with Gasteiger partial charge in [0.1, 0.15) is 10.8 Å². The second-order valence-corrected chi connectivity index (χ2v) is 5.69. The van der Waals surface area contributed by atoms with Crippen LogP contribution in [0.4, 0.5) is 10.1 Å². The Morgan fingerprint density at radius 2 is 2.20 bits per heavy atom. The number of carbonyl (C=O) groups is 1. The van der Waals surface area contributed by atoms with Gasteiger partial charge in [-0.2, -0.15) is 0 Å². The van der Waals surface area contributed by atoms with Crippen LogP contribution in [0.3, 0.4) is 0 Å². The van der Waals surface area contributed by atoms with Crippen molar-refractivity contribution < 1.29 is 9.18 Å². The van der Waals surface area contributed by atoms with Gasteiger partial charge in [-0.25, -0.2) is 4.39 Å². The second-order valence-electron chi connectivity index (χ2n) is 5.25. The Balaban J connectivity index is 1.87. The maximum atomic E-state index is 13.4. The van der Waals surface area contributed by atoms with Crippen LogP contribution in [0.2, 0.25) is 0 Å². The summed E-state index contributed by atoms with van der Waals surface area (Å²) in [5, 5.41) is 0. The molecule has 0 aromatic heterocycles. The van der Waals surface area contributed by atoms with Crippen LogP contribution in [0.25, 0.3) is 0 Å². The quantitative estimate of drug-likeness (QED) is 0.834. The fraction of sp³-hybridized carbons (Fsp3) is 0.429. The van der Waals surface area contributed by atoms with Crippen LogP contribution >= 0.6 is 12.2 Å². The van der Waals surface area contributed by atoms with Gasteiger partial charge in [0, 0.05) is 43.3 Å². The highest BCUT2D eigenvalue weighted by atomic mass is 32.1. The minimum Gasteiger partial charge on any atom is -0.389 e. The Labute approximate surface area is 122 Å². The van der Waals surface area contributed by atoms with E-state index in [9.17, 15) is 9.18 Å². The zero-order valence-electron chi connectivity index (χ0n) is 11.0. The fourth-order valence-electron chi connectivity index (χ4n) is 3.06. The van der Waals surface area contributed by atoms with E-state index in [1.165, 1.54) is 12.1 Å². The molecule has 6 heteroatoms. The van der Waals surface area contributed by atoms with Crippen LogP contribution in [0.15, 0.2) is 18.2 Å². The van der Waals surface area contributed by atoms with Crippen molar-refractivity contribution in [3.05, 3.63) is 29.6 Å². The van der Waals surface area contributed by atoms with Crippen molar-refractivity contribution in [3.8, 4) is 0 Å². The SMILES string of the molecule is NC(=S)c1cc(F)ccc1N1CCN2C(=O)CCC2C1. The molecule has 106 valence electrons. The molecule has 0 radical (unpaired) electrons. The number of benzene rings is 1. The third-order valence-electron chi connectivity index (χ3n) is 4.06. The van der Waals surface area contributed by atoms with Gasteiger partial charge in [-0.3, -0.25) is 4.79 Å². The Hall–Kier alpha value is -1.69. The molecule has 0 saturated carbocycles. The van der Waals surface area contributed by atoms with Crippen LogP contribution in [0, 0.1) is 5.82 Å². The van der Waals surface area contributed by atoms with E-state index in [2.05, 4.69) is 4.90 Å². The number of nitrogens with zero attached hydrogens (tertiary/aromatic N) is 2. The number of hydrogen-bond acceptors (Lipinski definition) is 3. The molecule has 0 aliphatic carbocycles. The maximum Gasteiger partial charge on any atom is 0.223 e. The van der Waals surface area contributed by atoms with Gasteiger partial charge < -0.3 is 15.5 Å². The summed E-state index contributed by atoms with van der Waals surface area (Å²) < 4.78 is 13.4. The number of piperazine rings is 1. The van der Waals surface area contributed by atoms with Gasteiger partial charge >= 0.3 is 0 Å². The zero-order chi connectivity index (χ0) is 14.3. The number of thiocarbonyl (C=S) groups is 1. The van der Waals surface area contributed by atoms with Gasteiger partial charge in [-0.1, -0.05) is 12.2 Å². The highest BCUT2D eigenvalue weighted by Crippen LogP contribution is 2.28. The van der Waals surface area contributed by atoms with E-state index in [4.69, 9.17) is 18.0 Å². The molecule has 1 amide bonds. The lowest BCUT2D eigenvalue weighted by Gasteiger charge is -2.39. The number of hydrogen-bond donors (Lipinski definition) is 1. The van der Waals surface area contributed by atoms with Crippen LogP contribution in [-0.2, 0) is 4.79 Å². The molecule has 2 aliphatic heterocycles. The molecule has 0 bridgehead atoms. The van der Waals surface area contributed by atoms with Crippen molar-refractivity contribution in [1.29, 1.82) is 0 Å². The van der Waals surface area contributed by atoms with Crippen molar-refractivity contribution in [2.75, 3.05) is 24.5 Å². The van der Waals surface area contributed by atoms with Gasteiger partial charge in [0.15, 0.2) is 0 Å². The Morgan fingerprint density at radius 1 is 1.40 bits per heavy atom. The third-order valence-corrected chi connectivity index (χ3v) is 4.28. The summed E-state index contributed by atoms with van der Waals surface area (Å²) in [7, 11) is 0. The third kappa shape index (κ3) is 2.24. The highest BCUT2D eigenvalue weighted by Gasteiger charge is 2.36. The van der Waals surface area contributed by atoms with Crippen LogP contribution in [-0.4, -0.2) is 41.5 Å². The molecule has 1 unspecified atom stereocenters. The number of carbonyl (C=O) groups excluding carboxylic acids is 1. The average Bonchev–Trinajstić information content (AvgIpc) is 2.80. The summed E-state index contributed by atoms with van der Waals surface area (Å²) in [5.41, 5.74) is 7.12. The number of anilines is 1. The van der Waals surface area contributed by atoms with E-state index < -0.39 is 0 Å². The Bertz CT molecular complexity index is 578. The van der Waals surface area contributed by atoms with Crippen molar-refractivity contribution >= 4 is 28.8 Å². The standard InChI is InChI=1S/C14H16FN3OS/c15-9-1-3-12(11(7-9)14(16)20)17-5-6-18-10(8-17)2-4-13(18)19/h1,3,7,10H,2,4-6,8H2,(H2,16,20). The van der Waals surface area contributed by atoms with E-state index in [1.54, 1.807) is 6.07 Å². The lowest BCUT2D eigenvalue weighted by atomic mass is 10.1. The summed E-state index contributed by atoms with van der Waals surface area (Å²) in [6.07, 6.45) is 1.52. The number of nitrogens with two attached hydrogens (primary N) is 1. The van der Waals surface area contributed by atoms with Gasteiger partial charge in [-0.05, 0) is 24.6 Å². The van der Waals surface area contributed by atoms with Crippen molar-refractivity contribution in [1.82, 2.24) is 4.90 Å². The number of halogens is 1. The molecule has 2 aliphatic rings. The van der Waals surface area contributed by atoms with Gasteiger partial charge in [-0.15, -0.1) is 0 Å². The molecule has 1 atom stereocenters. The lowest BCUT2D eigenvalue weighted by molar-refractivity contribution is -0.129. The summed E-state index contributed by atoms with van der Waals surface area (Å²) in [4.78, 5) is 16.0. The predicted octanol–water partition coefficient (Wildman–Crippen LogP) is 1.27. The normalized spacial score (nSPS) is 22.1. The number of rotatable bonds is 2. The minimum atomic E-state index is -0.341. The van der Waals surface area contributed by atoms with E-state index in [0.29, 0.717) is 18.5 Å². The van der Waals surface area contributed by atoms with E-state index >= 15 is 0 Å². The van der Waals surface area contributed by atoms with Crippen LogP contribution in [0.5, 0.6) is 0 Å². The molecule has 1 aromatic carbocycles. The monoisotopic (exact) mass is 293 g/mol. The first-order chi connectivity index (χ1) is 9.56. The summed E-state index contributed by atoms with van der Waals surface area (Å²) >= 11 is 5.01. The smallest absolute Gasteiger partial charge is 0.223 e. The average molecular weight is 293 g/mol.